The number of nitrogens with two attached hydrogens (primary N) is 1. The van der Waals surface area contributed by atoms with Gasteiger partial charge in [0.2, 0.25) is 29.5 Å². The standard InChI is InChI=1S/C46H68N8O11/c1-45(2,3)64-42(61)30(14-18-36(47)55)48-39(58)33-16-13-29-20-21-52(25-31(41(60)53(29)33)49-43(62)65-46(4,5)6)38(57)24-27-10-8-26(9-11-27)22-28-12-15-32-35(23-28)51(7)44(63)54(32)34-17-19-37(56)50-40(34)59/h12,15,23,26-27,29-31,33-34,38,57H,8-11,13-14,16-22,24-25H2,1-7H3,(H2,47,55)(H,48,58)(H,49,62)(H,50,56,59)/t26-,27+,29-,30+,31+,33+,34?,38?/m1/s1. The van der Waals surface area contributed by atoms with Crippen LogP contribution in [0.2, 0.25) is 0 Å². The van der Waals surface area contributed by atoms with Crippen molar-refractivity contribution in [3.8, 4) is 0 Å². The molecular weight excluding hydrogens is 841 g/mol. The Hall–Kier alpha value is -5.30. The maximum absolute atomic E-state index is 14.5. The SMILES string of the molecule is Cn1c(=O)n(C2CCC(=O)NC2=O)c2ccc(C[C@H]3CC[C@@H](CC(O)N4CC[C@H]5CC[C@@H](C(=O)N[C@@H](CCC(N)=O)C(=O)OC(C)(C)C)N5C(=O)[C@@H](NC(=O)OC(C)(C)C)C4)CC3)cc21. The van der Waals surface area contributed by atoms with Crippen molar-refractivity contribution in [2.24, 2.45) is 24.6 Å². The summed E-state index contributed by atoms with van der Waals surface area (Å²) < 4.78 is 14.1. The Morgan fingerprint density at radius 1 is 0.892 bits per heavy atom. The number of aromatic nitrogens is 2. The molecule has 4 aliphatic rings. The fourth-order valence-corrected chi connectivity index (χ4v) is 9.88. The second-order valence-electron chi connectivity index (χ2n) is 20.4. The van der Waals surface area contributed by atoms with Gasteiger partial charge < -0.3 is 35.8 Å². The summed E-state index contributed by atoms with van der Waals surface area (Å²) in [6.45, 7) is 10.5. The number of aryl methyl sites for hydroxylation is 1. The Kier molecular flexibility index (Phi) is 15.2. The van der Waals surface area contributed by atoms with Crippen LogP contribution in [0.1, 0.15) is 130 Å². The molecule has 6 rings (SSSR count). The molecule has 2 unspecified atom stereocenters. The van der Waals surface area contributed by atoms with Crippen LogP contribution in [-0.2, 0) is 51.7 Å². The first-order valence-corrected chi connectivity index (χ1v) is 23.1. The van der Waals surface area contributed by atoms with Crippen LogP contribution >= 0.6 is 0 Å². The molecule has 0 bridgehead atoms. The van der Waals surface area contributed by atoms with E-state index >= 15 is 0 Å². The highest BCUT2D eigenvalue weighted by Gasteiger charge is 2.47. The van der Waals surface area contributed by atoms with Crippen LogP contribution in [0.3, 0.4) is 0 Å². The van der Waals surface area contributed by atoms with Gasteiger partial charge in [-0.1, -0.05) is 18.9 Å². The fourth-order valence-electron chi connectivity index (χ4n) is 9.88. The van der Waals surface area contributed by atoms with E-state index in [1.807, 2.05) is 23.1 Å². The summed E-state index contributed by atoms with van der Waals surface area (Å²) in [5.41, 5.74) is 5.80. The molecule has 2 aromatic rings. The normalized spacial score (nSPS) is 25.5. The number of fused-ring (bicyclic) bond motifs is 2. The van der Waals surface area contributed by atoms with Gasteiger partial charge in [-0.25, -0.2) is 14.4 Å². The number of hydrogen-bond acceptors (Lipinski definition) is 12. The van der Waals surface area contributed by atoms with Gasteiger partial charge in [-0.2, -0.15) is 0 Å². The van der Waals surface area contributed by atoms with Crippen molar-refractivity contribution in [1.82, 2.24) is 34.9 Å². The van der Waals surface area contributed by atoms with Gasteiger partial charge in [-0.15, -0.1) is 0 Å². The van der Waals surface area contributed by atoms with E-state index in [9.17, 15) is 43.5 Å². The molecule has 1 aromatic carbocycles. The largest absolute Gasteiger partial charge is 0.458 e. The number of nitrogens with zero attached hydrogens (tertiary/aromatic N) is 4. The van der Waals surface area contributed by atoms with Crippen molar-refractivity contribution in [3.05, 3.63) is 34.2 Å². The number of imide groups is 1. The number of aliphatic hydroxyl groups is 1. The number of aliphatic hydroxyl groups excluding tert-OH is 1. The fraction of sp³-hybridized carbons (Fsp3) is 0.696. The van der Waals surface area contributed by atoms with Crippen molar-refractivity contribution in [2.45, 2.75) is 173 Å². The van der Waals surface area contributed by atoms with Crippen molar-refractivity contribution < 1.29 is 48.1 Å². The predicted octanol–water partition coefficient (Wildman–Crippen LogP) is 2.43. The molecule has 358 valence electrons. The predicted molar refractivity (Wildman–Crippen MR) is 238 cm³/mol. The Morgan fingerprint density at radius 3 is 2.22 bits per heavy atom. The number of benzene rings is 1. The van der Waals surface area contributed by atoms with Crippen LogP contribution in [0.15, 0.2) is 23.0 Å². The van der Waals surface area contributed by atoms with Gasteiger partial charge in [0.15, 0.2) is 0 Å². The summed E-state index contributed by atoms with van der Waals surface area (Å²) in [4.78, 5) is 107. The second kappa shape index (κ2) is 20.1. The number of piperidine rings is 1. The summed E-state index contributed by atoms with van der Waals surface area (Å²) in [6.07, 6.45) is 4.62. The molecule has 0 radical (unpaired) electrons. The Bertz CT molecular complexity index is 2200. The Labute approximate surface area is 379 Å². The summed E-state index contributed by atoms with van der Waals surface area (Å²) in [7, 11) is 1.69. The summed E-state index contributed by atoms with van der Waals surface area (Å²) in [5.74, 6) is -2.67. The monoisotopic (exact) mass is 909 g/mol. The molecule has 19 nitrogen and oxygen atoms in total. The Balaban J connectivity index is 1.09. The van der Waals surface area contributed by atoms with Gasteiger partial charge in [-0.05, 0) is 129 Å². The molecule has 4 heterocycles. The van der Waals surface area contributed by atoms with E-state index in [1.54, 1.807) is 53.2 Å². The number of ether oxygens (including phenoxy) is 2. The van der Waals surface area contributed by atoms with Crippen molar-refractivity contribution in [3.63, 3.8) is 0 Å². The lowest BCUT2D eigenvalue weighted by Crippen LogP contribution is -2.62. The summed E-state index contributed by atoms with van der Waals surface area (Å²) >= 11 is 0. The lowest BCUT2D eigenvalue weighted by molar-refractivity contribution is -0.159. The molecule has 1 aliphatic carbocycles. The average molecular weight is 909 g/mol. The van der Waals surface area contributed by atoms with E-state index in [1.165, 1.54) is 9.47 Å². The highest BCUT2D eigenvalue weighted by atomic mass is 16.6. The van der Waals surface area contributed by atoms with Gasteiger partial charge in [0.05, 0.1) is 11.0 Å². The van der Waals surface area contributed by atoms with E-state index in [2.05, 4.69) is 16.0 Å². The van der Waals surface area contributed by atoms with Crippen molar-refractivity contribution in [1.29, 1.82) is 0 Å². The second-order valence-corrected chi connectivity index (χ2v) is 20.4. The van der Waals surface area contributed by atoms with E-state index in [4.69, 9.17) is 15.2 Å². The zero-order chi connectivity index (χ0) is 47.5. The number of alkyl carbamates (subject to hydrolysis) is 1. The van der Waals surface area contributed by atoms with Gasteiger partial charge in [0.1, 0.15) is 41.6 Å². The van der Waals surface area contributed by atoms with Gasteiger partial charge >= 0.3 is 17.8 Å². The number of hydrogen-bond donors (Lipinski definition) is 5. The molecule has 19 heteroatoms. The number of esters is 1. The van der Waals surface area contributed by atoms with Crippen molar-refractivity contribution >= 4 is 52.6 Å². The zero-order valence-corrected chi connectivity index (χ0v) is 38.9. The number of primary amides is 1. The quantitative estimate of drug-likeness (QED) is 0.144. The topological polar surface area (TPSA) is 254 Å². The molecule has 6 amide bonds. The molecule has 0 spiro atoms. The molecule has 1 saturated carbocycles. The molecule has 65 heavy (non-hydrogen) atoms. The van der Waals surface area contributed by atoms with E-state index in [0.717, 1.165) is 43.2 Å². The number of amides is 6. The maximum atomic E-state index is 14.5. The molecule has 1 aromatic heterocycles. The number of imidazole rings is 1. The smallest absolute Gasteiger partial charge is 0.408 e. The minimum absolute atomic E-state index is 0.0262. The van der Waals surface area contributed by atoms with Crippen LogP contribution in [-0.4, -0.2) is 120 Å². The average Bonchev–Trinajstić information content (AvgIpc) is 3.73. The highest BCUT2D eigenvalue weighted by Crippen LogP contribution is 2.36. The third kappa shape index (κ3) is 12.3. The van der Waals surface area contributed by atoms with Gasteiger partial charge in [0, 0.05) is 39.0 Å². The van der Waals surface area contributed by atoms with Crippen molar-refractivity contribution in [2.75, 3.05) is 13.1 Å². The third-order valence-electron chi connectivity index (χ3n) is 13.0. The lowest BCUT2D eigenvalue weighted by Gasteiger charge is -2.41. The van der Waals surface area contributed by atoms with Crippen LogP contribution < -0.4 is 27.4 Å². The minimum Gasteiger partial charge on any atom is -0.458 e. The van der Waals surface area contributed by atoms with E-state index < -0.39 is 83.3 Å². The van der Waals surface area contributed by atoms with Crippen LogP contribution in [0.25, 0.3) is 11.0 Å². The Morgan fingerprint density at radius 2 is 1.57 bits per heavy atom. The lowest BCUT2D eigenvalue weighted by atomic mass is 9.78. The highest BCUT2D eigenvalue weighted by molar-refractivity contribution is 6.00. The first-order valence-electron chi connectivity index (χ1n) is 23.1. The van der Waals surface area contributed by atoms with Crippen LogP contribution in [0.4, 0.5) is 4.79 Å². The first kappa shape index (κ1) is 49.1. The van der Waals surface area contributed by atoms with Gasteiger partial charge in [-0.3, -0.25) is 43.3 Å². The van der Waals surface area contributed by atoms with Gasteiger partial charge in [0.25, 0.3) is 0 Å². The van der Waals surface area contributed by atoms with Crippen LogP contribution in [0.5, 0.6) is 0 Å². The number of carbonyl (C=O) groups is 7. The van der Waals surface area contributed by atoms with Crippen LogP contribution in [0, 0.1) is 11.8 Å². The third-order valence-corrected chi connectivity index (χ3v) is 13.0. The maximum Gasteiger partial charge on any atom is 0.408 e. The molecule has 3 saturated heterocycles. The molecule has 4 fully saturated rings. The first-order chi connectivity index (χ1) is 30.5. The number of carbonyl (C=O) groups excluding carboxylic acids is 7. The molecule has 6 N–H and O–H groups in total. The molecular formula is C46H68N8O11. The van der Waals surface area contributed by atoms with E-state index in [-0.39, 0.29) is 49.7 Å². The summed E-state index contributed by atoms with van der Waals surface area (Å²) in [6, 6.07) is 1.44. The molecule has 6 atom stereocenters. The zero-order valence-electron chi connectivity index (χ0n) is 38.9. The number of nitrogens with one attached hydrogen (secondary N) is 3. The number of rotatable bonds is 13. The van der Waals surface area contributed by atoms with E-state index in [0.29, 0.717) is 43.7 Å². The summed E-state index contributed by atoms with van der Waals surface area (Å²) in [5, 5.41) is 19.6. The molecule has 3 aliphatic heterocycles. The minimum atomic E-state index is -1.18.